The summed E-state index contributed by atoms with van der Waals surface area (Å²) in [6.07, 6.45) is 10.6. The van der Waals surface area contributed by atoms with Crippen LogP contribution in [0, 0.1) is 0 Å². The number of hydrogen-bond donors (Lipinski definition) is 1. The molecule has 4 aromatic rings. The molecule has 0 aliphatic heterocycles. The van der Waals surface area contributed by atoms with Crippen LogP contribution in [0.5, 0.6) is 0 Å². The van der Waals surface area contributed by atoms with Gasteiger partial charge in [-0.15, -0.1) is 0 Å². The fraction of sp³-hybridized carbons (Fsp3) is 0.345. The second-order valence-electron chi connectivity index (χ2n) is 9.56. The number of aromatic nitrogens is 1. The Morgan fingerprint density at radius 2 is 1.54 bits per heavy atom. The maximum absolute atomic E-state index is 13.8. The van der Waals surface area contributed by atoms with Gasteiger partial charge in [0.15, 0.2) is 0 Å². The van der Waals surface area contributed by atoms with E-state index in [1.807, 2.05) is 54.6 Å². The Bertz CT molecular complexity index is 1440. The first-order valence-corrected chi connectivity index (χ1v) is 14.1. The average Bonchev–Trinajstić information content (AvgIpc) is 3.05. The lowest BCUT2D eigenvalue weighted by Crippen LogP contribution is -2.34. The van der Waals surface area contributed by atoms with Crippen LogP contribution in [0.3, 0.4) is 0 Å². The van der Waals surface area contributed by atoms with Crippen molar-refractivity contribution in [1.82, 2.24) is 9.29 Å². The van der Waals surface area contributed by atoms with Gasteiger partial charge in [0.2, 0.25) is 5.91 Å². The molecule has 0 unspecified atom stereocenters. The van der Waals surface area contributed by atoms with E-state index in [9.17, 15) is 13.2 Å². The van der Waals surface area contributed by atoms with Crippen LogP contribution in [-0.4, -0.2) is 24.3 Å². The number of carbonyl (C=O) groups is 1. The predicted octanol–water partition coefficient (Wildman–Crippen LogP) is 6.19. The van der Waals surface area contributed by atoms with Crippen molar-refractivity contribution in [3.63, 3.8) is 0 Å². The molecule has 0 radical (unpaired) electrons. The fourth-order valence-electron chi connectivity index (χ4n) is 5.31. The molecule has 5 nitrogen and oxygen atoms in total. The highest BCUT2D eigenvalue weighted by Gasteiger charge is 2.23. The molecule has 1 aliphatic rings. The molecule has 1 heterocycles. The molecule has 5 rings (SSSR count). The Kier molecular flexibility index (Phi) is 6.91. The van der Waals surface area contributed by atoms with Crippen LogP contribution in [-0.2, 0) is 21.2 Å². The first kappa shape index (κ1) is 23.6. The number of aryl methyl sites for hydroxylation is 1. The van der Waals surface area contributed by atoms with Crippen molar-refractivity contribution in [1.29, 1.82) is 0 Å². The van der Waals surface area contributed by atoms with Crippen LogP contribution in [0.15, 0.2) is 77.8 Å². The number of rotatable bonds is 7. The second-order valence-corrected chi connectivity index (χ2v) is 11.3. The summed E-state index contributed by atoms with van der Waals surface area (Å²) >= 11 is 0. The summed E-state index contributed by atoms with van der Waals surface area (Å²) < 4.78 is 29.0. The Labute approximate surface area is 207 Å². The summed E-state index contributed by atoms with van der Waals surface area (Å²) in [5.74, 6) is 0.101. The van der Waals surface area contributed by atoms with Crippen molar-refractivity contribution < 1.29 is 13.2 Å². The van der Waals surface area contributed by atoms with Gasteiger partial charge in [-0.2, -0.15) is 0 Å². The van der Waals surface area contributed by atoms with Crippen LogP contribution < -0.4 is 5.32 Å². The van der Waals surface area contributed by atoms with Gasteiger partial charge in [0.05, 0.1) is 10.4 Å². The van der Waals surface area contributed by atoms with Gasteiger partial charge in [-0.25, -0.2) is 12.4 Å². The van der Waals surface area contributed by atoms with Crippen LogP contribution in [0.25, 0.3) is 21.7 Å². The van der Waals surface area contributed by atoms with Crippen LogP contribution in [0.4, 0.5) is 0 Å². The summed E-state index contributed by atoms with van der Waals surface area (Å²) in [5.41, 5.74) is 1.62. The summed E-state index contributed by atoms with van der Waals surface area (Å²) in [4.78, 5) is 12.8. The van der Waals surface area contributed by atoms with E-state index in [-0.39, 0.29) is 5.91 Å². The van der Waals surface area contributed by atoms with Gasteiger partial charge in [-0.1, -0.05) is 80.3 Å². The fourth-order valence-corrected chi connectivity index (χ4v) is 6.92. The number of para-hydroxylation sites is 1. The van der Waals surface area contributed by atoms with Crippen molar-refractivity contribution in [2.45, 2.75) is 68.7 Å². The molecule has 6 heteroatoms. The summed E-state index contributed by atoms with van der Waals surface area (Å²) in [7, 11) is -3.80. The first-order valence-electron chi connectivity index (χ1n) is 12.7. The quantitative estimate of drug-likeness (QED) is 0.315. The van der Waals surface area contributed by atoms with Gasteiger partial charge in [-0.3, -0.25) is 4.79 Å². The van der Waals surface area contributed by atoms with E-state index in [2.05, 4.69) is 5.32 Å². The molecule has 182 valence electrons. The number of benzene rings is 3. The van der Waals surface area contributed by atoms with Gasteiger partial charge in [0, 0.05) is 29.4 Å². The maximum atomic E-state index is 13.8. The van der Waals surface area contributed by atoms with E-state index >= 15 is 0 Å². The number of fused-ring (bicyclic) bond motifs is 2. The lowest BCUT2D eigenvalue weighted by molar-refractivity contribution is -0.121. The molecule has 1 aliphatic carbocycles. The minimum Gasteiger partial charge on any atom is -0.353 e. The van der Waals surface area contributed by atoms with Gasteiger partial charge >= 0.3 is 0 Å². The van der Waals surface area contributed by atoms with Gasteiger partial charge < -0.3 is 5.32 Å². The molecule has 1 N–H and O–H groups in total. The van der Waals surface area contributed by atoms with E-state index in [0.717, 1.165) is 29.2 Å². The van der Waals surface area contributed by atoms with Crippen LogP contribution in [0.1, 0.15) is 56.9 Å². The number of hydrogen-bond acceptors (Lipinski definition) is 3. The first-order chi connectivity index (χ1) is 17.0. The zero-order valence-corrected chi connectivity index (χ0v) is 20.8. The standard InChI is InChI=1S/C29H32N2O3S/c32-29(30-24-14-3-1-2-4-15-24)20-10-13-23-21-31(27-18-8-7-16-25(23)27)35(33,34)28-19-9-12-22-11-5-6-17-26(22)28/h5-9,11-12,16-19,21,24H,1-4,10,13-15,20H2,(H,30,32). The van der Waals surface area contributed by atoms with Crippen molar-refractivity contribution in [3.8, 4) is 0 Å². The number of carbonyl (C=O) groups excluding carboxylic acids is 1. The largest absolute Gasteiger partial charge is 0.353 e. The number of nitrogens with one attached hydrogen (secondary N) is 1. The molecule has 1 fully saturated rings. The predicted molar refractivity (Wildman–Crippen MR) is 141 cm³/mol. The zero-order valence-electron chi connectivity index (χ0n) is 19.9. The molecule has 1 aromatic heterocycles. The molecular weight excluding hydrogens is 456 g/mol. The third kappa shape index (κ3) is 4.98. The Balaban J connectivity index is 1.37. The molecule has 3 aromatic carbocycles. The van der Waals surface area contributed by atoms with E-state index < -0.39 is 10.0 Å². The molecule has 0 saturated heterocycles. The van der Waals surface area contributed by atoms with Crippen LogP contribution >= 0.6 is 0 Å². The van der Waals surface area contributed by atoms with Crippen molar-refractivity contribution in [3.05, 3.63) is 78.5 Å². The number of nitrogens with zero attached hydrogens (tertiary/aromatic N) is 1. The Morgan fingerprint density at radius 3 is 2.34 bits per heavy atom. The third-order valence-corrected chi connectivity index (χ3v) is 8.85. The van der Waals surface area contributed by atoms with Crippen molar-refractivity contribution >= 4 is 37.6 Å². The Hall–Kier alpha value is -3.12. The second kappa shape index (κ2) is 10.2. The molecule has 35 heavy (non-hydrogen) atoms. The lowest BCUT2D eigenvalue weighted by atomic mass is 10.1. The summed E-state index contributed by atoms with van der Waals surface area (Å²) in [5, 5.41) is 5.73. The third-order valence-electron chi connectivity index (χ3n) is 7.12. The minimum absolute atomic E-state index is 0.101. The minimum atomic E-state index is -3.80. The van der Waals surface area contributed by atoms with Crippen molar-refractivity contribution in [2.24, 2.45) is 0 Å². The van der Waals surface area contributed by atoms with Gasteiger partial charge in [0.25, 0.3) is 10.0 Å². The van der Waals surface area contributed by atoms with Gasteiger partial charge in [-0.05, 0) is 48.8 Å². The highest BCUT2D eigenvalue weighted by atomic mass is 32.2. The molecule has 0 spiro atoms. The molecule has 1 saturated carbocycles. The molecule has 1 amide bonds. The zero-order chi connectivity index (χ0) is 24.3. The van der Waals surface area contributed by atoms with Crippen LogP contribution in [0.2, 0.25) is 0 Å². The molecule has 0 bridgehead atoms. The monoisotopic (exact) mass is 488 g/mol. The topological polar surface area (TPSA) is 68.2 Å². The lowest BCUT2D eigenvalue weighted by Gasteiger charge is -2.16. The molecular formula is C29H32N2O3S. The van der Waals surface area contributed by atoms with E-state index in [1.54, 1.807) is 18.3 Å². The molecule has 0 atom stereocenters. The number of amides is 1. The Morgan fingerprint density at radius 1 is 0.857 bits per heavy atom. The SMILES string of the molecule is O=C(CCCc1cn(S(=O)(=O)c2cccc3ccccc23)c2ccccc12)NC1CCCCCC1. The van der Waals surface area contributed by atoms with Gasteiger partial charge in [0.1, 0.15) is 0 Å². The highest BCUT2D eigenvalue weighted by Crippen LogP contribution is 2.30. The average molecular weight is 489 g/mol. The van der Waals surface area contributed by atoms with E-state index in [0.29, 0.717) is 41.1 Å². The van der Waals surface area contributed by atoms with Crippen molar-refractivity contribution in [2.75, 3.05) is 0 Å². The highest BCUT2D eigenvalue weighted by molar-refractivity contribution is 7.90. The maximum Gasteiger partial charge on any atom is 0.268 e. The van der Waals surface area contributed by atoms with E-state index in [4.69, 9.17) is 0 Å². The smallest absolute Gasteiger partial charge is 0.268 e. The van der Waals surface area contributed by atoms with E-state index in [1.165, 1.54) is 29.7 Å². The summed E-state index contributed by atoms with van der Waals surface area (Å²) in [6, 6.07) is 20.8. The normalized spacial score (nSPS) is 15.3. The summed E-state index contributed by atoms with van der Waals surface area (Å²) in [6.45, 7) is 0.